The van der Waals surface area contributed by atoms with Crippen molar-refractivity contribution in [1.29, 1.82) is 0 Å². The zero-order chi connectivity index (χ0) is 15.8. The summed E-state index contributed by atoms with van der Waals surface area (Å²) in [7, 11) is 0. The summed E-state index contributed by atoms with van der Waals surface area (Å²) in [6, 6.07) is 12.9. The van der Waals surface area contributed by atoms with Crippen LogP contribution in [0.15, 0.2) is 48.5 Å². The summed E-state index contributed by atoms with van der Waals surface area (Å²) < 4.78 is 26.7. The van der Waals surface area contributed by atoms with Crippen LogP contribution in [0.2, 0.25) is 0 Å². The SMILES string of the molecule is O=C(CNCc1ccccc1F)NCCc1ccccc1F. The topological polar surface area (TPSA) is 41.1 Å². The van der Waals surface area contributed by atoms with Gasteiger partial charge < -0.3 is 10.6 Å². The average molecular weight is 304 g/mol. The summed E-state index contributed by atoms with van der Waals surface area (Å²) in [6.45, 7) is 0.736. The molecule has 2 aromatic carbocycles. The van der Waals surface area contributed by atoms with E-state index in [-0.39, 0.29) is 30.6 Å². The van der Waals surface area contributed by atoms with Gasteiger partial charge in [0.25, 0.3) is 0 Å². The van der Waals surface area contributed by atoms with Crippen LogP contribution in [0, 0.1) is 11.6 Å². The molecule has 0 spiro atoms. The molecule has 0 radical (unpaired) electrons. The van der Waals surface area contributed by atoms with Crippen LogP contribution in [0.5, 0.6) is 0 Å². The quantitative estimate of drug-likeness (QED) is 0.825. The Bertz CT molecular complexity index is 578. The Balaban J connectivity index is 1.66. The second kappa shape index (κ2) is 8.24. The van der Waals surface area contributed by atoms with Crippen molar-refractivity contribution >= 4 is 5.91 Å². The molecule has 22 heavy (non-hydrogen) atoms. The van der Waals surface area contributed by atoms with Crippen molar-refractivity contribution in [3.63, 3.8) is 0 Å². The van der Waals surface area contributed by atoms with Crippen LogP contribution in [-0.4, -0.2) is 19.0 Å². The molecule has 0 heterocycles. The molecule has 0 bridgehead atoms. The van der Waals surface area contributed by atoms with E-state index in [0.29, 0.717) is 24.1 Å². The summed E-state index contributed by atoms with van der Waals surface area (Å²) in [5.74, 6) is -0.767. The van der Waals surface area contributed by atoms with Crippen molar-refractivity contribution in [3.05, 3.63) is 71.3 Å². The Labute approximate surface area is 128 Å². The van der Waals surface area contributed by atoms with Gasteiger partial charge in [-0.2, -0.15) is 0 Å². The lowest BCUT2D eigenvalue weighted by Gasteiger charge is -2.08. The summed E-state index contributed by atoms with van der Waals surface area (Å²) in [6.07, 6.45) is 0.436. The minimum absolute atomic E-state index is 0.0889. The zero-order valence-electron chi connectivity index (χ0n) is 12.1. The Hall–Kier alpha value is -2.27. The van der Waals surface area contributed by atoms with Crippen LogP contribution in [0.4, 0.5) is 8.78 Å². The van der Waals surface area contributed by atoms with Crippen LogP contribution < -0.4 is 10.6 Å². The minimum atomic E-state index is -0.296. The van der Waals surface area contributed by atoms with E-state index in [2.05, 4.69) is 10.6 Å². The highest BCUT2D eigenvalue weighted by atomic mass is 19.1. The highest BCUT2D eigenvalue weighted by Crippen LogP contribution is 2.06. The van der Waals surface area contributed by atoms with E-state index in [0.717, 1.165) is 0 Å². The van der Waals surface area contributed by atoms with E-state index in [9.17, 15) is 13.6 Å². The first kappa shape index (κ1) is 16.1. The molecule has 3 nitrogen and oxygen atoms in total. The van der Waals surface area contributed by atoms with E-state index >= 15 is 0 Å². The Morgan fingerprint density at radius 1 is 0.909 bits per heavy atom. The standard InChI is InChI=1S/C17H18F2N2O/c18-15-7-3-1-5-13(15)9-10-21-17(22)12-20-11-14-6-2-4-8-16(14)19/h1-8,20H,9-12H2,(H,21,22). The normalized spacial score (nSPS) is 10.5. The molecule has 0 fully saturated rings. The van der Waals surface area contributed by atoms with Crippen molar-refractivity contribution in [1.82, 2.24) is 10.6 Å². The third-order valence-electron chi connectivity index (χ3n) is 3.23. The average Bonchev–Trinajstić information content (AvgIpc) is 2.51. The Morgan fingerprint density at radius 3 is 2.14 bits per heavy atom. The van der Waals surface area contributed by atoms with Gasteiger partial charge in [0.15, 0.2) is 0 Å². The molecular weight excluding hydrogens is 286 g/mol. The number of carbonyl (C=O) groups is 1. The predicted octanol–water partition coefficient (Wildman–Crippen LogP) is 2.41. The molecule has 0 aliphatic carbocycles. The van der Waals surface area contributed by atoms with Gasteiger partial charge in [0.2, 0.25) is 5.91 Å². The van der Waals surface area contributed by atoms with Crippen molar-refractivity contribution in [3.8, 4) is 0 Å². The molecule has 0 aliphatic heterocycles. The molecule has 2 N–H and O–H groups in total. The zero-order valence-corrected chi connectivity index (χ0v) is 12.1. The molecule has 2 aromatic rings. The predicted molar refractivity (Wildman–Crippen MR) is 81.2 cm³/mol. The molecule has 0 atom stereocenters. The molecule has 1 amide bonds. The van der Waals surface area contributed by atoms with E-state index < -0.39 is 0 Å². The van der Waals surface area contributed by atoms with Crippen LogP contribution in [-0.2, 0) is 17.8 Å². The number of hydrogen-bond donors (Lipinski definition) is 2. The molecule has 0 aliphatic rings. The Morgan fingerprint density at radius 2 is 1.50 bits per heavy atom. The van der Waals surface area contributed by atoms with Crippen molar-refractivity contribution in [2.75, 3.05) is 13.1 Å². The number of rotatable bonds is 7. The van der Waals surface area contributed by atoms with Crippen LogP contribution in [0.25, 0.3) is 0 Å². The highest BCUT2D eigenvalue weighted by molar-refractivity contribution is 5.77. The summed E-state index contributed by atoms with van der Waals surface area (Å²) in [5.41, 5.74) is 1.09. The van der Waals surface area contributed by atoms with Gasteiger partial charge in [0.1, 0.15) is 11.6 Å². The first-order chi connectivity index (χ1) is 10.7. The third kappa shape index (κ3) is 4.93. The summed E-state index contributed by atoms with van der Waals surface area (Å²) >= 11 is 0. The molecular formula is C17H18F2N2O. The number of halogens is 2. The monoisotopic (exact) mass is 304 g/mol. The van der Waals surface area contributed by atoms with Gasteiger partial charge in [-0.15, -0.1) is 0 Å². The fraction of sp³-hybridized carbons (Fsp3) is 0.235. The lowest BCUT2D eigenvalue weighted by atomic mass is 10.1. The number of hydrogen-bond acceptors (Lipinski definition) is 2. The van der Waals surface area contributed by atoms with E-state index in [1.807, 2.05) is 0 Å². The molecule has 0 saturated heterocycles. The van der Waals surface area contributed by atoms with Gasteiger partial charge in [-0.3, -0.25) is 4.79 Å². The lowest BCUT2D eigenvalue weighted by molar-refractivity contribution is -0.120. The maximum atomic E-state index is 13.4. The molecule has 116 valence electrons. The van der Waals surface area contributed by atoms with Crippen molar-refractivity contribution in [2.24, 2.45) is 0 Å². The van der Waals surface area contributed by atoms with Gasteiger partial charge >= 0.3 is 0 Å². The second-order valence-electron chi connectivity index (χ2n) is 4.89. The maximum absolute atomic E-state index is 13.4. The van der Waals surface area contributed by atoms with Crippen LogP contribution in [0.1, 0.15) is 11.1 Å². The Kier molecular flexibility index (Phi) is 6.03. The minimum Gasteiger partial charge on any atom is -0.355 e. The van der Waals surface area contributed by atoms with E-state index in [4.69, 9.17) is 0 Å². The maximum Gasteiger partial charge on any atom is 0.233 e. The molecule has 0 saturated carbocycles. The van der Waals surface area contributed by atoms with Gasteiger partial charge in [0.05, 0.1) is 6.54 Å². The smallest absolute Gasteiger partial charge is 0.233 e. The van der Waals surface area contributed by atoms with E-state index in [1.165, 1.54) is 12.1 Å². The first-order valence-electron chi connectivity index (χ1n) is 7.11. The van der Waals surface area contributed by atoms with Crippen LogP contribution >= 0.6 is 0 Å². The number of nitrogens with one attached hydrogen (secondary N) is 2. The first-order valence-corrected chi connectivity index (χ1v) is 7.11. The summed E-state index contributed by atoms with van der Waals surface area (Å²) in [5, 5.41) is 5.57. The number of amides is 1. The fourth-order valence-electron chi connectivity index (χ4n) is 2.05. The van der Waals surface area contributed by atoms with Gasteiger partial charge in [-0.25, -0.2) is 8.78 Å². The lowest BCUT2D eigenvalue weighted by Crippen LogP contribution is -2.34. The third-order valence-corrected chi connectivity index (χ3v) is 3.23. The molecule has 2 rings (SSSR count). The summed E-state index contributed by atoms with van der Waals surface area (Å²) in [4.78, 5) is 11.6. The van der Waals surface area contributed by atoms with Gasteiger partial charge in [0, 0.05) is 18.7 Å². The van der Waals surface area contributed by atoms with Gasteiger partial charge in [-0.05, 0) is 24.1 Å². The van der Waals surface area contributed by atoms with E-state index in [1.54, 1.807) is 36.4 Å². The molecule has 0 aromatic heterocycles. The molecule has 0 unspecified atom stereocenters. The second-order valence-corrected chi connectivity index (χ2v) is 4.89. The van der Waals surface area contributed by atoms with Crippen LogP contribution in [0.3, 0.4) is 0 Å². The van der Waals surface area contributed by atoms with Crippen molar-refractivity contribution < 1.29 is 13.6 Å². The number of carbonyl (C=O) groups excluding carboxylic acids is 1. The largest absolute Gasteiger partial charge is 0.355 e. The number of benzene rings is 2. The van der Waals surface area contributed by atoms with Gasteiger partial charge in [-0.1, -0.05) is 36.4 Å². The highest BCUT2D eigenvalue weighted by Gasteiger charge is 2.04. The fourth-order valence-corrected chi connectivity index (χ4v) is 2.05. The van der Waals surface area contributed by atoms with Crippen molar-refractivity contribution in [2.45, 2.75) is 13.0 Å². The molecule has 5 heteroatoms.